The van der Waals surface area contributed by atoms with Gasteiger partial charge >= 0.3 is 0 Å². The maximum Gasteiger partial charge on any atom is 0.0128 e. The van der Waals surface area contributed by atoms with Crippen LogP contribution in [0, 0.1) is 10.8 Å². The lowest BCUT2D eigenvalue weighted by atomic mass is 9.77. The van der Waals surface area contributed by atoms with Gasteiger partial charge in [-0.25, -0.2) is 0 Å². The van der Waals surface area contributed by atoms with Crippen LogP contribution in [0.3, 0.4) is 0 Å². The van der Waals surface area contributed by atoms with E-state index in [2.05, 4.69) is 37.9 Å². The summed E-state index contributed by atoms with van der Waals surface area (Å²) in [5, 5.41) is 3.68. The minimum atomic E-state index is 0.373. The SMILES string of the molecule is CCNC(CCN1CCC2(CCCC2)CC1)C(C)(C)C. The standard InChI is InChI=1S/C18H36N2/c1-5-19-16(17(2,3)4)8-13-20-14-11-18(12-15-20)9-6-7-10-18/h16,19H,5-15H2,1-4H3. The minimum absolute atomic E-state index is 0.373. The summed E-state index contributed by atoms with van der Waals surface area (Å²) >= 11 is 0. The van der Waals surface area contributed by atoms with Crippen molar-refractivity contribution in [2.75, 3.05) is 26.2 Å². The average molecular weight is 280 g/mol. The van der Waals surface area contributed by atoms with Gasteiger partial charge in [-0.3, -0.25) is 0 Å². The lowest BCUT2D eigenvalue weighted by molar-refractivity contribution is 0.0996. The van der Waals surface area contributed by atoms with E-state index in [0.717, 1.165) is 12.0 Å². The van der Waals surface area contributed by atoms with Crippen molar-refractivity contribution < 1.29 is 0 Å². The van der Waals surface area contributed by atoms with Crippen molar-refractivity contribution in [1.82, 2.24) is 10.2 Å². The molecule has 1 heterocycles. The zero-order valence-corrected chi connectivity index (χ0v) is 14.3. The Labute approximate surface area is 126 Å². The molecule has 2 fully saturated rings. The van der Waals surface area contributed by atoms with Crippen molar-refractivity contribution in [2.24, 2.45) is 10.8 Å². The molecule has 1 spiro atoms. The topological polar surface area (TPSA) is 15.3 Å². The quantitative estimate of drug-likeness (QED) is 0.817. The van der Waals surface area contributed by atoms with Gasteiger partial charge in [0.2, 0.25) is 0 Å². The zero-order valence-electron chi connectivity index (χ0n) is 14.3. The number of piperidine rings is 1. The Morgan fingerprint density at radius 3 is 2.15 bits per heavy atom. The van der Waals surface area contributed by atoms with Gasteiger partial charge in [-0.2, -0.15) is 0 Å². The third kappa shape index (κ3) is 4.21. The van der Waals surface area contributed by atoms with Crippen LogP contribution in [-0.2, 0) is 0 Å². The smallest absolute Gasteiger partial charge is 0.0128 e. The summed E-state index contributed by atoms with van der Waals surface area (Å²) in [4.78, 5) is 2.72. The molecule has 2 aliphatic rings. The molecular formula is C18H36N2. The van der Waals surface area contributed by atoms with Crippen LogP contribution in [0.2, 0.25) is 0 Å². The summed E-state index contributed by atoms with van der Waals surface area (Å²) in [5.41, 5.74) is 1.14. The molecule has 118 valence electrons. The van der Waals surface area contributed by atoms with Crippen molar-refractivity contribution in [3.8, 4) is 0 Å². The lowest BCUT2D eigenvalue weighted by Crippen LogP contribution is -2.45. The van der Waals surface area contributed by atoms with Gasteiger partial charge in [0.1, 0.15) is 0 Å². The van der Waals surface area contributed by atoms with Crippen molar-refractivity contribution in [3.63, 3.8) is 0 Å². The molecule has 1 unspecified atom stereocenters. The van der Waals surface area contributed by atoms with Gasteiger partial charge < -0.3 is 10.2 Å². The van der Waals surface area contributed by atoms with E-state index < -0.39 is 0 Å². The van der Waals surface area contributed by atoms with Crippen LogP contribution in [0.4, 0.5) is 0 Å². The predicted octanol–water partition coefficient (Wildman–Crippen LogP) is 4.06. The van der Waals surface area contributed by atoms with Crippen LogP contribution in [0.25, 0.3) is 0 Å². The Kier molecular flexibility index (Phi) is 5.53. The first-order chi connectivity index (χ1) is 9.45. The first-order valence-corrected chi connectivity index (χ1v) is 8.91. The fourth-order valence-electron chi connectivity index (χ4n) is 4.28. The number of nitrogens with one attached hydrogen (secondary N) is 1. The van der Waals surface area contributed by atoms with Crippen molar-refractivity contribution >= 4 is 0 Å². The minimum Gasteiger partial charge on any atom is -0.314 e. The second-order valence-corrected chi connectivity index (χ2v) is 8.31. The van der Waals surface area contributed by atoms with Gasteiger partial charge in [-0.1, -0.05) is 40.5 Å². The van der Waals surface area contributed by atoms with Crippen LogP contribution in [0.1, 0.15) is 72.6 Å². The third-order valence-electron chi connectivity index (χ3n) is 5.81. The average Bonchev–Trinajstić information content (AvgIpc) is 2.84. The molecule has 0 bridgehead atoms. The van der Waals surface area contributed by atoms with E-state index in [9.17, 15) is 0 Å². The molecule has 20 heavy (non-hydrogen) atoms. The summed E-state index contributed by atoms with van der Waals surface area (Å²) in [6, 6.07) is 0.648. The summed E-state index contributed by atoms with van der Waals surface area (Å²) < 4.78 is 0. The molecule has 0 radical (unpaired) electrons. The molecule has 0 aromatic heterocycles. The fraction of sp³-hybridized carbons (Fsp3) is 1.00. The molecule has 2 heteroatoms. The van der Waals surface area contributed by atoms with Crippen molar-refractivity contribution in [3.05, 3.63) is 0 Å². The Morgan fingerprint density at radius 2 is 1.65 bits per heavy atom. The number of hydrogen-bond donors (Lipinski definition) is 1. The number of likely N-dealkylation sites (tertiary alicyclic amines) is 1. The van der Waals surface area contributed by atoms with Crippen LogP contribution < -0.4 is 5.32 Å². The molecule has 2 nitrogen and oxygen atoms in total. The van der Waals surface area contributed by atoms with E-state index in [4.69, 9.17) is 0 Å². The van der Waals surface area contributed by atoms with Gasteiger partial charge in [0.25, 0.3) is 0 Å². The van der Waals surface area contributed by atoms with E-state index >= 15 is 0 Å². The van der Waals surface area contributed by atoms with Crippen LogP contribution in [0.15, 0.2) is 0 Å². The Morgan fingerprint density at radius 1 is 1.05 bits per heavy atom. The third-order valence-corrected chi connectivity index (χ3v) is 5.81. The van der Waals surface area contributed by atoms with Gasteiger partial charge in [0, 0.05) is 6.04 Å². The zero-order chi connectivity index (χ0) is 14.6. The van der Waals surface area contributed by atoms with Crippen molar-refractivity contribution in [2.45, 2.75) is 78.7 Å². The molecule has 0 amide bonds. The van der Waals surface area contributed by atoms with Gasteiger partial charge in [-0.15, -0.1) is 0 Å². The van der Waals surface area contributed by atoms with E-state index in [0.29, 0.717) is 11.5 Å². The molecule has 1 N–H and O–H groups in total. The Balaban J connectivity index is 1.74. The molecule has 1 atom stereocenters. The monoisotopic (exact) mass is 280 g/mol. The Bertz CT molecular complexity index is 276. The second kappa shape index (κ2) is 6.79. The first-order valence-electron chi connectivity index (χ1n) is 8.91. The number of rotatable bonds is 5. The fourth-order valence-corrected chi connectivity index (χ4v) is 4.28. The normalized spacial score (nSPS) is 25.2. The number of nitrogens with zero attached hydrogens (tertiary/aromatic N) is 1. The molecule has 1 saturated carbocycles. The maximum absolute atomic E-state index is 3.68. The molecule has 2 rings (SSSR count). The van der Waals surface area contributed by atoms with Gasteiger partial charge in [-0.05, 0) is 69.1 Å². The highest BCUT2D eigenvalue weighted by Gasteiger charge is 2.37. The summed E-state index contributed by atoms with van der Waals surface area (Å²) in [5.74, 6) is 0. The molecule has 0 aromatic rings. The molecule has 0 aromatic carbocycles. The summed E-state index contributed by atoms with van der Waals surface area (Å²) in [7, 11) is 0. The highest BCUT2D eigenvalue weighted by Crippen LogP contribution is 2.46. The molecule has 1 saturated heterocycles. The number of hydrogen-bond acceptors (Lipinski definition) is 2. The maximum atomic E-state index is 3.68. The first kappa shape index (κ1) is 16.3. The largest absolute Gasteiger partial charge is 0.314 e. The Hall–Kier alpha value is -0.0800. The van der Waals surface area contributed by atoms with Crippen LogP contribution in [-0.4, -0.2) is 37.1 Å². The molecule has 1 aliphatic heterocycles. The molecule has 1 aliphatic carbocycles. The second-order valence-electron chi connectivity index (χ2n) is 8.31. The highest BCUT2D eigenvalue weighted by atomic mass is 15.1. The van der Waals surface area contributed by atoms with Crippen LogP contribution in [0.5, 0.6) is 0 Å². The highest BCUT2D eigenvalue weighted by molar-refractivity contribution is 4.90. The molecular weight excluding hydrogens is 244 g/mol. The lowest BCUT2D eigenvalue weighted by Gasteiger charge is -2.40. The van der Waals surface area contributed by atoms with Crippen LogP contribution >= 0.6 is 0 Å². The predicted molar refractivity (Wildman–Crippen MR) is 88.1 cm³/mol. The summed E-state index contributed by atoms with van der Waals surface area (Å²) in [6.45, 7) is 14.4. The van der Waals surface area contributed by atoms with E-state index in [-0.39, 0.29) is 0 Å². The summed E-state index contributed by atoms with van der Waals surface area (Å²) in [6.07, 6.45) is 10.2. The van der Waals surface area contributed by atoms with E-state index in [1.807, 2.05) is 0 Å². The van der Waals surface area contributed by atoms with Gasteiger partial charge in [0.15, 0.2) is 0 Å². The van der Waals surface area contributed by atoms with E-state index in [1.165, 1.54) is 64.6 Å². The van der Waals surface area contributed by atoms with Crippen molar-refractivity contribution in [1.29, 1.82) is 0 Å². The van der Waals surface area contributed by atoms with E-state index in [1.54, 1.807) is 0 Å². The van der Waals surface area contributed by atoms with Gasteiger partial charge in [0.05, 0.1) is 0 Å².